The Kier molecular flexibility index (Phi) is 5.80. The number of carbonyl (C=O) groups is 1. The van der Waals surface area contributed by atoms with Gasteiger partial charge in [0.05, 0.1) is 12.3 Å². The van der Waals surface area contributed by atoms with Crippen molar-refractivity contribution in [3.05, 3.63) is 58.4 Å². The summed E-state index contributed by atoms with van der Waals surface area (Å²) in [6.45, 7) is 2.12. The van der Waals surface area contributed by atoms with E-state index in [0.717, 1.165) is 11.6 Å². The summed E-state index contributed by atoms with van der Waals surface area (Å²) < 4.78 is 62.3. The topological polar surface area (TPSA) is 66.5 Å². The summed E-state index contributed by atoms with van der Waals surface area (Å²) in [6, 6.07) is -0.334. The Balaban J connectivity index is 1.68. The average Bonchev–Trinajstić information content (AvgIpc) is 3.03. The zero-order valence-corrected chi connectivity index (χ0v) is 17.0. The SMILES string of the molecule is CC1=C(C(=O)NC2C=CC3=C(C2)N(S(C)(=O)=O)CC3)CCC(/C=C/C(F)(F)F)=C1. The molecule has 1 N–H and O–H groups in total. The minimum absolute atomic E-state index is 0.199. The van der Waals surface area contributed by atoms with E-state index in [1.165, 1.54) is 10.6 Å². The monoisotopic (exact) mass is 428 g/mol. The molecular formula is C20H23F3N2O3S. The summed E-state index contributed by atoms with van der Waals surface area (Å²) in [5, 5.41) is 2.91. The normalized spacial score (nSPS) is 23.0. The summed E-state index contributed by atoms with van der Waals surface area (Å²) in [4.78, 5) is 12.7. The number of nitrogens with one attached hydrogen (secondary N) is 1. The molecule has 0 aromatic rings. The fraction of sp³-hybridized carbons (Fsp3) is 0.450. The van der Waals surface area contributed by atoms with Crippen molar-refractivity contribution in [3.8, 4) is 0 Å². The van der Waals surface area contributed by atoms with Crippen LogP contribution in [-0.4, -0.2) is 43.6 Å². The Morgan fingerprint density at radius 3 is 2.62 bits per heavy atom. The largest absolute Gasteiger partial charge is 0.409 e. The molecule has 9 heteroatoms. The van der Waals surface area contributed by atoms with Crippen molar-refractivity contribution in [2.45, 2.75) is 44.8 Å². The van der Waals surface area contributed by atoms with Crippen molar-refractivity contribution in [1.82, 2.24) is 9.62 Å². The molecular weight excluding hydrogens is 405 g/mol. The number of carbonyl (C=O) groups excluding carboxylic acids is 1. The van der Waals surface area contributed by atoms with Crippen LogP contribution >= 0.6 is 0 Å². The molecule has 2 aliphatic carbocycles. The Morgan fingerprint density at radius 1 is 1.28 bits per heavy atom. The number of sulfonamides is 1. The lowest BCUT2D eigenvalue weighted by molar-refractivity contribution is -0.118. The zero-order chi connectivity index (χ0) is 21.4. The van der Waals surface area contributed by atoms with Gasteiger partial charge in [-0.1, -0.05) is 24.3 Å². The van der Waals surface area contributed by atoms with E-state index in [2.05, 4.69) is 5.32 Å². The van der Waals surface area contributed by atoms with E-state index in [1.54, 1.807) is 13.0 Å². The highest BCUT2D eigenvalue weighted by atomic mass is 32.2. The molecule has 0 aromatic carbocycles. The molecule has 0 radical (unpaired) electrons. The van der Waals surface area contributed by atoms with Gasteiger partial charge in [-0.3, -0.25) is 9.10 Å². The fourth-order valence-electron chi connectivity index (χ4n) is 3.83. The number of hydrogen-bond donors (Lipinski definition) is 1. The smallest absolute Gasteiger partial charge is 0.346 e. The molecule has 0 spiro atoms. The lowest BCUT2D eigenvalue weighted by Crippen LogP contribution is -2.38. The molecule has 5 nitrogen and oxygen atoms in total. The molecule has 0 fully saturated rings. The van der Waals surface area contributed by atoms with Crippen LogP contribution in [0, 0.1) is 0 Å². The highest BCUT2D eigenvalue weighted by Gasteiger charge is 2.32. The Bertz CT molecular complexity index is 969. The number of hydrogen-bond acceptors (Lipinski definition) is 3. The fourth-order valence-corrected chi connectivity index (χ4v) is 4.85. The molecule has 1 heterocycles. The van der Waals surface area contributed by atoms with Crippen LogP contribution in [0.5, 0.6) is 0 Å². The van der Waals surface area contributed by atoms with Gasteiger partial charge in [-0.15, -0.1) is 0 Å². The lowest BCUT2D eigenvalue weighted by atomic mass is 9.91. The molecule has 0 saturated heterocycles. The second kappa shape index (κ2) is 7.85. The van der Waals surface area contributed by atoms with E-state index >= 15 is 0 Å². The number of halogens is 3. The van der Waals surface area contributed by atoms with Crippen LogP contribution in [0.3, 0.4) is 0 Å². The van der Waals surface area contributed by atoms with Crippen LogP contribution in [-0.2, 0) is 14.8 Å². The van der Waals surface area contributed by atoms with E-state index < -0.39 is 16.2 Å². The van der Waals surface area contributed by atoms with E-state index in [0.29, 0.717) is 54.6 Å². The van der Waals surface area contributed by atoms with Gasteiger partial charge in [0.15, 0.2) is 0 Å². The molecule has 0 bridgehead atoms. The number of rotatable bonds is 4. The summed E-state index contributed by atoms with van der Waals surface area (Å²) in [5.74, 6) is -0.278. The summed E-state index contributed by atoms with van der Waals surface area (Å²) in [5.41, 5.74) is 3.38. The second-order valence-corrected chi connectivity index (χ2v) is 9.36. The van der Waals surface area contributed by atoms with Crippen molar-refractivity contribution in [2.75, 3.05) is 12.8 Å². The molecule has 1 atom stereocenters. The van der Waals surface area contributed by atoms with Gasteiger partial charge in [0, 0.05) is 30.3 Å². The van der Waals surface area contributed by atoms with Crippen molar-refractivity contribution in [1.29, 1.82) is 0 Å². The van der Waals surface area contributed by atoms with Crippen LogP contribution in [0.1, 0.15) is 32.6 Å². The standard InChI is InChI=1S/C20H23F3N2O3S/c1-13-11-14(7-9-20(21,22)23)3-6-17(13)19(26)24-16-5-4-15-8-10-25(18(15)12-16)29(2,27)28/h4-5,7,9,11,16H,3,6,8,10,12H2,1-2H3,(H,24,26)/b9-7+. The zero-order valence-electron chi connectivity index (χ0n) is 16.2. The minimum Gasteiger partial charge on any atom is -0.346 e. The van der Waals surface area contributed by atoms with Crippen molar-refractivity contribution in [2.24, 2.45) is 0 Å². The van der Waals surface area contributed by atoms with Gasteiger partial charge in [-0.05, 0) is 42.9 Å². The molecule has 0 aromatic heterocycles. The third kappa shape index (κ3) is 5.20. The van der Waals surface area contributed by atoms with Crippen LogP contribution in [0.4, 0.5) is 13.2 Å². The predicted molar refractivity (Wildman–Crippen MR) is 104 cm³/mol. The van der Waals surface area contributed by atoms with Gasteiger partial charge < -0.3 is 5.32 Å². The first-order valence-corrected chi connectivity index (χ1v) is 11.1. The van der Waals surface area contributed by atoms with Gasteiger partial charge in [-0.25, -0.2) is 8.42 Å². The van der Waals surface area contributed by atoms with Gasteiger partial charge in [0.1, 0.15) is 0 Å². The first-order chi connectivity index (χ1) is 13.4. The summed E-state index contributed by atoms with van der Waals surface area (Å²) in [7, 11) is -3.35. The summed E-state index contributed by atoms with van der Waals surface area (Å²) in [6.07, 6.45) is 5.11. The summed E-state index contributed by atoms with van der Waals surface area (Å²) >= 11 is 0. The van der Waals surface area contributed by atoms with Crippen LogP contribution in [0.15, 0.2) is 58.4 Å². The Labute approximate surface area is 168 Å². The Morgan fingerprint density at radius 2 is 2.00 bits per heavy atom. The van der Waals surface area contributed by atoms with Gasteiger partial charge in [0.2, 0.25) is 15.9 Å². The predicted octanol–water partition coefficient (Wildman–Crippen LogP) is 3.51. The van der Waals surface area contributed by atoms with E-state index in [1.807, 2.05) is 12.2 Å². The molecule has 1 unspecified atom stereocenters. The molecule has 29 heavy (non-hydrogen) atoms. The molecule has 1 amide bonds. The third-order valence-corrected chi connectivity index (χ3v) is 6.42. The molecule has 3 aliphatic rings. The molecule has 158 valence electrons. The van der Waals surface area contributed by atoms with Gasteiger partial charge in [0.25, 0.3) is 0 Å². The minimum atomic E-state index is -4.36. The molecule has 1 aliphatic heterocycles. The van der Waals surface area contributed by atoms with Crippen LogP contribution in [0.2, 0.25) is 0 Å². The maximum atomic E-state index is 12.7. The Hall–Kier alpha value is -2.29. The third-order valence-electron chi connectivity index (χ3n) is 5.22. The van der Waals surface area contributed by atoms with E-state index in [4.69, 9.17) is 0 Å². The number of alkyl halides is 3. The number of amides is 1. The molecule has 0 saturated carbocycles. The first-order valence-electron chi connectivity index (χ1n) is 9.29. The van der Waals surface area contributed by atoms with Crippen molar-refractivity contribution in [3.63, 3.8) is 0 Å². The van der Waals surface area contributed by atoms with Crippen molar-refractivity contribution < 1.29 is 26.4 Å². The van der Waals surface area contributed by atoms with Crippen LogP contribution < -0.4 is 5.32 Å². The van der Waals surface area contributed by atoms with Gasteiger partial charge in [-0.2, -0.15) is 13.2 Å². The molecule has 3 rings (SSSR count). The average molecular weight is 428 g/mol. The maximum Gasteiger partial charge on any atom is 0.409 e. The number of nitrogens with zero attached hydrogens (tertiary/aromatic N) is 1. The second-order valence-electron chi connectivity index (χ2n) is 7.46. The lowest BCUT2D eigenvalue weighted by Gasteiger charge is -2.26. The first kappa shape index (κ1) is 21.4. The highest BCUT2D eigenvalue weighted by molar-refractivity contribution is 7.88. The van der Waals surface area contributed by atoms with E-state index in [9.17, 15) is 26.4 Å². The van der Waals surface area contributed by atoms with Crippen LogP contribution in [0.25, 0.3) is 0 Å². The highest BCUT2D eigenvalue weighted by Crippen LogP contribution is 2.33. The number of allylic oxidation sites excluding steroid dienone is 6. The van der Waals surface area contributed by atoms with E-state index in [-0.39, 0.29) is 18.0 Å². The van der Waals surface area contributed by atoms with Gasteiger partial charge >= 0.3 is 6.18 Å². The maximum absolute atomic E-state index is 12.7. The van der Waals surface area contributed by atoms with Crippen molar-refractivity contribution >= 4 is 15.9 Å². The quantitative estimate of drug-likeness (QED) is 0.745.